The lowest BCUT2D eigenvalue weighted by Crippen LogP contribution is -2.33. The van der Waals surface area contributed by atoms with Gasteiger partial charge in [0.05, 0.1) is 12.0 Å². The fraction of sp³-hybridized carbons (Fsp3) is 0.200. The van der Waals surface area contributed by atoms with Gasteiger partial charge in [0.1, 0.15) is 17.5 Å². The van der Waals surface area contributed by atoms with Crippen molar-refractivity contribution in [1.82, 2.24) is 10.3 Å². The van der Waals surface area contributed by atoms with Crippen LogP contribution in [-0.2, 0) is 4.79 Å². The van der Waals surface area contributed by atoms with Crippen LogP contribution in [0, 0.1) is 17.5 Å². The minimum Gasteiger partial charge on any atom is -0.349 e. The highest BCUT2D eigenvalue weighted by molar-refractivity contribution is 5.86. The summed E-state index contributed by atoms with van der Waals surface area (Å²) in [7, 11) is 0. The molecular weight excluding hydrogens is 357 g/mol. The van der Waals surface area contributed by atoms with Gasteiger partial charge in [-0.3, -0.25) is 9.59 Å². The Morgan fingerprint density at radius 1 is 0.963 bits per heavy atom. The molecule has 0 aliphatic carbocycles. The average Bonchev–Trinajstić information content (AvgIpc) is 2.60. The standard InChI is InChI=1S/C20H17F3N2O2/c1-10(16-8-12-7-13(21)4-6-18(12)25-20(16)27)19(26)24-11(2)15-5-3-14(22)9-17(15)23/h3-11H,1-2H3,(H,24,26)(H,25,27)/t10-,11-/m0/s1. The number of amides is 1. The number of hydrogen-bond donors (Lipinski definition) is 2. The molecule has 4 nitrogen and oxygen atoms in total. The van der Waals surface area contributed by atoms with Crippen molar-refractivity contribution < 1.29 is 18.0 Å². The van der Waals surface area contributed by atoms with E-state index in [2.05, 4.69) is 10.3 Å². The third-order valence-electron chi connectivity index (χ3n) is 4.48. The lowest BCUT2D eigenvalue weighted by atomic mass is 9.99. The molecule has 0 saturated heterocycles. The summed E-state index contributed by atoms with van der Waals surface area (Å²) in [6.45, 7) is 3.08. The summed E-state index contributed by atoms with van der Waals surface area (Å²) in [5.41, 5.74) is 0.292. The summed E-state index contributed by atoms with van der Waals surface area (Å²) in [6, 6.07) is 7.77. The number of pyridine rings is 1. The second kappa shape index (κ2) is 7.26. The van der Waals surface area contributed by atoms with Crippen LogP contribution >= 0.6 is 0 Å². The van der Waals surface area contributed by atoms with Gasteiger partial charge in [0.15, 0.2) is 0 Å². The summed E-state index contributed by atoms with van der Waals surface area (Å²) in [5, 5.41) is 3.07. The van der Waals surface area contributed by atoms with E-state index in [1.807, 2.05) is 0 Å². The molecule has 0 fully saturated rings. The van der Waals surface area contributed by atoms with Gasteiger partial charge in [0.2, 0.25) is 5.91 Å². The summed E-state index contributed by atoms with van der Waals surface area (Å²) in [6.07, 6.45) is 0. The molecule has 3 aromatic rings. The molecular formula is C20H17F3N2O2. The molecule has 0 aliphatic rings. The van der Waals surface area contributed by atoms with Crippen LogP contribution < -0.4 is 10.9 Å². The first-order chi connectivity index (χ1) is 12.8. The molecule has 0 unspecified atom stereocenters. The highest BCUT2D eigenvalue weighted by Gasteiger charge is 2.22. The Bertz CT molecular complexity index is 1080. The Kier molecular flexibility index (Phi) is 5.03. The summed E-state index contributed by atoms with van der Waals surface area (Å²) < 4.78 is 40.3. The van der Waals surface area contributed by atoms with Crippen molar-refractivity contribution in [1.29, 1.82) is 0 Å². The van der Waals surface area contributed by atoms with Crippen molar-refractivity contribution in [3.63, 3.8) is 0 Å². The van der Waals surface area contributed by atoms with E-state index in [1.165, 1.54) is 37.3 Å². The van der Waals surface area contributed by atoms with Crippen molar-refractivity contribution in [2.45, 2.75) is 25.8 Å². The maximum Gasteiger partial charge on any atom is 0.252 e. The molecule has 1 heterocycles. The predicted molar refractivity (Wildman–Crippen MR) is 95.9 cm³/mol. The van der Waals surface area contributed by atoms with Crippen LogP contribution in [0.5, 0.6) is 0 Å². The lowest BCUT2D eigenvalue weighted by molar-refractivity contribution is -0.122. The Balaban J connectivity index is 1.85. The second-order valence-electron chi connectivity index (χ2n) is 6.40. The molecule has 0 bridgehead atoms. The van der Waals surface area contributed by atoms with Crippen LogP contribution in [0.15, 0.2) is 47.3 Å². The van der Waals surface area contributed by atoms with Crippen LogP contribution in [0.3, 0.4) is 0 Å². The fourth-order valence-electron chi connectivity index (χ4n) is 2.93. The van der Waals surface area contributed by atoms with Gasteiger partial charge in [0, 0.05) is 28.1 Å². The quantitative estimate of drug-likeness (QED) is 0.727. The van der Waals surface area contributed by atoms with E-state index in [1.54, 1.807) is 6.92 Å². The van der Waals surface area contributed by atoms with E-state index in [0.29, 0.717) is 10.9 Å². The molecule has 1 aromatic heterocycles. The van der Waals surface area contributed by atoms with E-state index in [9.17, 15) is 22.8 Å². The number of rotatable bonds is 4. The first-order valence-corrected chi connectivity index (χ1v) is 8.34. The van der Waals surface area contributed by atoms with Gasteiger partial charge >= 0.3 is 0 Å². The molecule has 0 radical (unpaired) electrons. The van der Waals surface area contributed by atoms with Gasteiger partial charge in [-0.2, -0.15) is 0 Å². The number of halogens is 3. The van der Waals surface area contributed by atoms with E-state index < -0.39 is 40.9 Å². The van der Waals surface area contributed by atoms with Crippen LogP contribution in [0.25, 0.3) is 10.9 Å². The number of hydrogen-bond acceptors (Lipinski definition) is 2. The van der Waals surface area contributed by atoms with Crippen molar-refractivity contribution in [2.24, 2.45) is 0 Å². The third-order valence-corrected chi connectivity index (χ3v) is 4.48. The number of aromatic amines is 1. The minimum absolute atomic E-state index is 0.131. The zero-order valence-corrected chi connectivity index (χ0v) is 14.6. The lowest BCUT2D eigenvalue weighted by Gasteiger charge is -2.18. The molecule has 7 heteroatoms. The molecule has 2 atom stereocenters. The number of carbonyl (C=O) groups excluding carboxylic acids is 1. The monoisotopic (exact) mass is 374 g/mol. The number of aromatic nitrogens is 1. The molecule has 0 saturated carbocycles. The highest BCUT2D eigenvalue weighted by atomic mass is 19.1. The number of nitrogens with one attached hydrogen (secondary N) is 2. The van der Waals surface area contributed by atoms with Gasteiger partial charge in [-0.15, -0.1) is 0 Å². The third kappa shape index (κ3) is 3.86. The first kappa shape index (κ1) is 18.7. The largest absolute Gasteiger partial charge is 0.349 e. The average molecular weight is 374 g/mol. The van der Waals surface area contributed by atoms with E-state index in [4.69, 9.17) is 0 Å². The van der Waals surface area contributed by atoms with Crippen LogP contribution in [-0.4, -0.2) is 10.9 Å². The van der Waals surface area contributed by atoms with E-state index >= 15 is 0 Å². The molecule has 3 rings (SSSR count). The molecule has 2 N–H and O–H groups in total. The van der Waals surface area contributed by atoms with E-state index in [0.717, 1.165) is 12.1 Å². The van der Waals surface area contributed by atoms with Crippen LogP contribution in [0.1, 0.15) is 36.9 Å². The smallest absolute Gasteiger partial charge is 0.252 e. The topological polar surface area (TPSA) is 62.0 Å². The maximum atomic E-state index is 13.9. The van der Waals surface area contributed by atoms with Gasteiger partial charge in [-0.1, -0.05) is 6.07 Å². The zero-order valence-electron chi connectivity index (χ0n) is 14.6. The Labute approximate surface area is 153 Å². The van der Waals surface area contributed by atoms with Gasteiger partial charge < -0.3 is 10.3 Å². The molecule has 1 amide bonds. The SMILES string of the molecule is C[C@H](NC(=O)[C@@H](C)c1cc2cc(F)ccc2[nH]c1=O)c1ccc(F)cc1F. The summed E-state index contributed by atoms with van der Waals surface area (Å²) >= 11 is 0. The molecule has 0 spiro atoms. The number of benzene rings is 2. The summed E-state index contributed by atoms with van der Waals surface area (Å²) in [5.74, 6) is -3.30. The molecule has 27 heavy (non-hydrogen) atoms. The van der Waals surface area contributed by atoms with Gasteiger partial charge in [0.25, 0.3) is 5.56 Å². The normalized spacial score (nSPS) is 13.4. The van der Waals surface area contributed by atoms with Crippen molar-refractivity contribution in [2.75, 3.05) is 0 Å². The fourth-order valence-corrected chi connectivity index (χ4v) is 2.93. The number of H-pyrrole nitrogens is 1. The zero-order chi connectivity index (χ0) is 19.7. The van der Waals surface area contributed by atoms with Crippen LogP contribution in [0.2, 0.25) is 0 Å². The van der Waals surface area contributed by atoms with Crippen molar-refractivity contribution in [3.8, 4) is 0 Å². The van der Waals surface area contributed by atoms with Crippen molar-refractivity contribution >= 4 is 16.8 Å². The predicted octanol–water partition coefficient (Wildman–Crippen LogP) is 3.93. The van der Waals surface area contributed by atoms with E-state index in [-0.39, 0.29) is 11.1 Å². The van der Waals surface area contributed by atoms with Crippen LogP contribution in [0.4, 0.5) is 13.2 Å². The Morgan fingerprint density at radius 2 is 1.63 bits per heavy atom. The van der Waals surface area contributed by atoms with Gasteiger partial charge in [-0.05, 0) is 44.2 Å². The highest BCUT2D eigenvalue weighted by Crippen LogP contribution is 2.21. The number of fused-ring (bicyclic) bond motifs is 1. The number of carbonyl (C=O) groups is 1. The second-order valence-corrected chi connectivity index (χ2v) is 6.40. The Hall–Kier alpha value is -3.09. The Morgan fingerprint density at radius 3 is 2.33 bits per heavy atom. The molecule has 2 aromatic carbocycles. The summed E-state index contributed by atoms with van der Waals surface area (Å²) in [4.78, 5) is 27.4. The van der Waals surface area contributed by atoms with Crippen molar-refractivity contribution in [3.05, 3.63) is 81.4 Å². The molecule has 0 aliphatic heterocycles. The first-order valence-electron chi connectivity index (χ1n) is 8.34. The maximum absolute atomic E-state index is 13.9. The minimum atomic E-state index is -0.854. The van der Waals surface area contributed by atoms with Gasteiger partial charge in [-0.25, -0.2) is 13.2 Å². The molecule has 140 valence electrons.